The second kappa shape index (κ2) is 8.53. The normalized spacial score (nSPS) is 15.3. The van der Waals surface area contributed by atoms with E-state index in [0.717, 1.165) is 50.0 Å². The van der Waals surface area contributed by atoms with Crippen LogP contribution < -0.4 is 10.8 Å². The van der Waals surface area contributed by atoms with Gasteiger partial charge in [0.2, 0.25) is 5.91 Å². The van der Waals surface area contributed by atoms with Crippen LogP contribution in [0.15, 0.2) is 24.3 Å². The van der Waals surface area contributed by atoms with Crippen molar-refractivity contribution >= 4 is 17.6 Å². The van der Waals surface area contributed by atoms with Gasteiger partial charge in [-0.05, 0) is 50.2 Å². The van der Waals surface area contributed by atoms with Crippen LogP contribution in [0.1, 0.15) is 37.7 Å². The van der Waals surface area contributed by atoms with Crippen LogP contribution in [-0.4, -0.2) is 35.1 Å². The van der Waals surface area contributed by atoms with Crippen molar-refractivity contribution in [3.05, 3.63) is 29.8 Å². The molecule has 0 bridgehead atoms. The summed E-state index contributed by atoms with van der Waals surface area (Å²) in [7, 11) is 0. The van der Waals surface area contributed by atoms with Gasteiger partial charge in [-0.2, -0.15) is 0 Å². The topological polar surface area (TPSA) is 81.7 Å². The van der Waals surface area contributed by atoms with Crippen LogP contribution in [0.4, 0.5) is 10.5 Å². The van der Waals surface area contributed by atoms with Crippen molar-refractivity contribution in [1.29, 1.82) is 0 Å². The van der Waals surface area contributed by atoms with Crippen LogP contribution in [0.2, 0.25) is 0 Å². The fraction of sp³-hybridized carbons (Fsp3) is 0.529. The van der Waals surface area contributed by atoms with Crippen LogP contribution in [0, 0.1) is 12.8 Å². The first kappa shape index (κ1) is 17.3. The van der Waals surface area contributed by atoms with Gasteiger partial charge in [-0.1, -0.05) is 18.2 Å². The number of rotatable bonds is 5. The molecule has 6 heteroatoms. The van der Waals surface area contributed by atoms with Gasteiger partial charge < -0.3 is 10.2 Å². The molecule has 23 heavy (non-hydrogen) atoms. The molecule has 1 heterocycles. The third kappa shape index (κ3) is 5.25. The number of benzene rings is 1. The molecule has 6 nitrogen and oxygen atoms in total. The van der Waals surface area contributed by atoms with Gasteiger partial charge in [0.1, 0.15) is 0 Å². The van der Waals surface area contributed by atoms with Gasteiger partial charge in [0.15, 0.2) is 0 Å². The highest BCUT2D eigenvalue weighted by atomic mass is 16.5. The number of hydrogen-bond acceptors (Lipinski definition) is 3. The Morgan fingerprint density at radius 1 is 1.26 bits per heavy atom. The maximum Gasteiger partial charge on any atom is 0.321 e. The maximum atomic E-state index is 12.3. The number of para-hydroxylation sites is 1. The molecule has 0 saturated carbocycles. The highest BCUT2D eigenvalue weighted by molar-refractivity contribution is 5.90. The van der Waals surface area contributed by atoms with E-state index >= 15 is 0 Å². The number of carbonyl (C=O) groups excluding carboxylic acids is 2. The summed E-state index contributed by atoms with van der Waals surface area (Å²) in [6.07, 6.45) is 4.00. The SMILES string of the molecule is Cc1ccccc1NC(=O)N1CCC(CCCC(=O)NO)CC1. The Bertz CT molecular complexity index is 540. The molecule has 0 atom stereocenters. The molecule has 0 aromatic heterocycles. The number of anilines is 1. The van der Waals surface area contributed by atoms with Gasteiger partial charge in [-0.25, -0.2) is 10.3 Å². The molecule has 1 aromatic carbocycles. The van der Waals surface area contributed by atoms with Gasteiger partial charge in [0.25, 0.3) is 0 Å². The molecular weight excluding hydrogens is 294 g/mol. The Hall–Kier alpha value is -2.08. The van der Waals surface area contributed by atoms with Crippen molar-refractivity contribution in [1.82, 2.24) is 10.4 Å². The number of hydroxylamine groups is 1. The molecule has 2 rings (SSSR count). The fourth-order valence-electron chi connectivity index (χ4n) is 2.94. The van der Waals surface area contributed by atoms with E-state index in [1.54, 1.807) is 5.48 Å². The lowest BCUT2D eigenvalue weighted by Gasteiger charge is -2.32. The lowest BCUT2D eigenvalue weighted by molar-refractivity contribution is -0.129. The summed E-state index contributed by atoms with van der Waals surface area (Å²) in [4.78, 5) is 25.1. The predicted molar refractivity (Wildman–Crippen MR) is 88.3 cm³/mol. The van der Waals surface area contributed by atoms with E-state index in [9.17, 15) is 9.59 Å². The minimum atomic E-state index is -0.333. The van der Waals surface area contributed by atoms with Gasteiger partial charge in [-0.3, -0.25) is 10.0 Å². The Balaban J connectivity index is 1.72. The molecule has 1 aliphatic heterocycles. The van der Waals surface area contributed by atoms with Crippen molar-refractivity contribution < 1.29 is 14.8 Å². The van der Waals surface area contributed by atoms with E-state index in [4.69, 9.17) is 5.21 Å². The molecule has 126 valence electrons. The van der Waals surface area contributed by atoms with E-state index in [-0.39, 0.29) is 11.9 Å². The molecule has 0 spiro atoms. The molecule has 3 amide bonds. The molecule has 0 unspecified atom stereocenters. The first-order valence-corrected chi connectivity index (χ1v) is 8.14. The Labute approximate surface area is 136 Å². The molecule has 1 aromatic rings. The monoisotopic (exact) mass is 319 g/mol. The van der Waals surface area contributed by atoms with Crippen LogP contribution in [0.25, 0.3) is 0 Å². The summed E-state index contributed by atoms with van der Waals surface area (Å²) in [5, 5.41) is 11.4. The molecule has 1 saturated heterocycles. The zero-order chi connectivity index (χ0) is 16.7. The third-order valence-electron chi connectivity index (χ3n) is 4.43. The summed E-state index contributed by atoms with van der Waals surface area (Å²) >= 11 is 0. The number of amides is 3. The summed E-state index contributed by atoms with van der Waals surface area (Å²) in [5.41, 5.74) is 3.56. The van der Waals surface area contributed by atoms with Crippen molar-refractivity contribution in [2.75, 3.05) is 18.4 Å². The lowest BCUT2D eigenvalue weighted by atomic mass is 9.91. The Kier molecular flexibility index (Phi) is 6.40. The van der Waals surface area contributed by atoms with Crippen LogP contribution in [0.3, 0.4) is 0 Å². The van der Waals surface area contributed by atoms with E-state index in [0.29, 0.717) is 12.3 Å². The van der Waals surface area contributed by atoms with E-state index in [1.165, 1.54) is 0 Å². The van der Waals surface area contributed by atoms with Crippen LogP contribution in [-0.2, 0) is 4.79 Å². The molecular formula is C17H25N3O3. The molecule has 0 radical (unpaired) electrons. The van der Waals surface area contributed by atoms with Gasteiger partial charge in [0, 0.05) is 25.2 Å². The summed E-state index contributed by atoms with van der Waals surface area (Å²) < 4.78 is 0. The molecule has 0 aliphatic carbocycles. The Morgan fingerprint density at radius 2 is 1.96 bits per heavy atom. The maximum absolute atomic E-state index is 12.3. The van der Waals surface area contributed by atoms with Gasteiger partial charge in [-0.15, -0.1) is 0 Å². The predicted octanol–water partition coefficient (Wildman–Crippen LogP) is 2.91. The van der Waals surface area contributed by atoms with Crippen molar-refractivity contribution in [2.45, 2.75) is 39.0 Å². The zero-order valence-corrected chi connectivity index (χ0v) is 13.5. The van der Waals surface area contributed by atoms with Crippen molar-refractivity contribution in [3.8, 4) is 0 Å². The summed E-state index contributed by atoms with van der Waals surface area (Å²) in [5.74, 6) is 0.212. The fourth-order valence-corrected chi connectivity index (χ4v) is 2.94. The standard InChI is InChI=1S/C17H25N3O3/c1-13-5-2-3-7-15(13)18-17(22)20-11-9-14(10-12-20)6-4-8-16(21)19-23/h2-3,5,7,14,23H,4,6,8-12H2,1H3,(H,18,22)(H,19,21). The average molecular weight is 319 g/mol. The number of nitrogens with zero attached hydrogens (tertiary/aromatic N) is 1. The summed E-state index contributed by atoms with van der Waals surface area (Å²) in [6, 6.07) is 7.71. The number of carbonyl (C=O) groups is 2. The van der Waals surface area contributed by atoms with Crippen molar-refractivity contribution in [2.24, 2.45) is 5.92 Å². The third-order valence-corrected chi connectivity index (χ3v) is 4.43. The molecule has 1 aliphatic rings. The number of aryl methyl sites for hydroxylation is 1. The average Bonchev–Trinajstić information content (AvgIpc) is 2.57. The number of urea groups is 1. The first-order valence-electron chi connectivity index (χ1n) is 8.14. The van der Waals surface area contributed by atoms with Gasteiger partial charge in [0.05, 0.1) is 0 Å². The number of likely N-dealkylation sites (tertiary alicyclic amines) is 1. The minimum absolute atomic E-state index is 0.0441. The second-order valence-corrected chi connectivity index (χ2v) is 6.10. The Morgan fingerprint density at radius 3 is 2.61 bits per heavy atom. The van der Waals surface area contributed by atoms with Gasteiger partial charge >= 0.3 is 6.03 Å². The van der Waals surface area contributed by atoms with E-state index in [1.807, 2.05) is 36.1 Å². The lowest BCUT2D eigenvalue weighted by Crippen LogP contribution is -2.41. The minimum Gasteiger partial charge on any atom is -0.325 e. The van der Waals surface area contributed by atoms with Crippen LogP contribution >= 0.6 is 0 Å². The van der Waals surface area contributed by atoms with Crippen LogP contribution in [0.5, 0.6) is 0 Å². The largest absolute Gasteiger partial charge is 0.325 e. The van der Waals surface area contributed by atoms with E-state index in [2.05, 4.69) is 5.32 Å². The second-order valence-electron chi connectivity index (χ2n) is 6.10. The number of piperidine rings is 1. The molecule has 3 N–H and O–H groups in total. The smallest absolute Gasteiger partial charge is 0.321 e. The highest BCUT2D eigenvalue weighted by Crippen LogP contribution is 2.23. The highest BCUT2D eigenvalue weighted by Gasteiger charge is 2.22. The summed E-state index contributed by atoms with van der Waals surface area (Å²) in [6.45, 7) is 3.47. The van der Waals surface area contributed by atoms with Crippen molar-refractivity contribution in [3.63, 3.8) is 0 Å². The zero-order valence-electron chi connectivity index (χ0n) is 13.5. The molecule has 1 fully saturated rings. The van der Waals surface area contributed by atoms with E-state index < -0.39 is 0 Å². The number of nitrogens with one attached hydrogen (secondary N) is 2. The quantitative estimate of drug-likeness (QED) is 0.576. The first-order chi connectivity index (χ1) is 11.1. The number of hydrogen-bond donors (Lipinski definition) is 3.